The lowest BCUT2D eigenvalue weighted by Crippen LogP contribution is -2.17. The zero-order valence-corrected chi connectivity index (χ0v) is 15.2. The Morgan fingerprint density at radius 3 is 1.48 bits per heavy atom. The minimum atomic E-state index is -4.58. The van der Waals surface area contributed by atoms with Gasteiger partial charge in [-0.1, -0.05) is 36.4 Å². The second kappa shape index (κ2) is 7.03. The van der Waals surface area contributed by atoms with Gasteiger partial charge in [0.2, 0.25) is 10.0 Å². The van der Waals surface area contributed by atoms with Gasteiger partial charge in [-0.05, 0) is 46.5 Å². The van der Waals surface area contributed by atoms with Gasteiger partial charge in [0.1, 0.15) is 0 Å². The highest BCUT2D eigenvalue weighted by Gasteiger charge is 2.40. The number of halogens is 6. The number of sulfonamides is 1. The van der Waals surface area contributed by atoms with Crippen LogP contribution in [0.5, 0.6) is 0 Å². The molecule has 1 aliphatic carbocycles. The predicted octanol–water partition coefficient (Wildman–Crippen LogP) is 5.01. The van der Waals surface area contributed by atoms with E-state index in [1.807, 2.05) is 0 Å². The number of hydrogen-bond acceptors (Lipinski definition) is 2. The molecule has 1 atom stereocenters. The van der Waals surface area contributed by atoms with E-state index >= 15 is 0 Å². The van der Waals surface area contributed by atoms with Crippen LogP contribution in [0.3, 0.4) is 0 Å². The zero-order chi connectivity index (χ0) is 21.6. The smallest absolute Gasteiger partial charge is 0.225 e. The number of hydrogen-bond donors (Lipinski definition) is 1. The Bertz CT molecular complexity index is 1080. The van der Waals surface area contributed by atoms with Crippen molar-refractivity contribution >= 4 is 21.2 Å². The quantitative estimate of drug-likeness (QED) is 0.692. The monoisotopic (exact) mass is 433 g/mol. The summed E-state index contributed by atoms with van der Waals surface area (Å²) in [6.45, 7) is 0. The Hall–Kier alpha value is -2.59. The third-order valence-corrected chi connectivity index (χ3v) is 5.31. The molecule has 0 bridgehead atoms. The highest BCUT2D eigenvalue weighted by molar-refractivity contribution is 7.89. The topological polar surface area (TPSA) is 60.2 Å². The third-order valence-electron chi connectivity index (χ3n) is 4.38. The SMILES string of the molecule is NS(=O)(=O)c1ccc(C2=CC(C(F)(F)F)C=C2c2ccc(C(F)(F)F)cc2)cc1. The summed E-state index contributed by atoms with van der Waals surface area (Å²) in [5.74, 6) is -1.92. The highest BCUT2D eigenvalue weighted by atomic mass is 32.2. The molecule has 0 fully saturated rings. The van der Waals surface area contributed by atoms with Crippen molar-refractivity contribution in [1.82, 2.24) is 0 Å². The van der Waals surface area contributed by atoms with Gasteiger partial charge in [-0.3, -0.25) is 0 Å². The van der Waals surface area contributed by atoms with Crippen molar-refractivity contribution < 1.29 is 34.8 Å². The molecule has 2 N–H and O–H groups in total. The molecule has 1 unspecified atom stereocenters. The normalized spacial score (nSPS) is 17.8. The first kappa shape index (κ1) is 21.1. The fraction of sp³-hybridized carbons (Fsp3) is 0.158. The largest absolute Gasteiger partial charge is 0.416 e. The summed E-state index contributed by atoms with van der Waals surface area (Å²) in [5.41, 5.74) is -0.241. The van der Waals surface area contributed by atoms with Crippen molar-refractivity contribution in [2.24, 2.45) is 11.1 Å². The van der Waals surface area contributed by atoms with Gasteiger partial charge in [-0.2, -0.15) is 26.3 Å². The second-order valence-corrected chi connectivity index (χ2v) is 7.93. The Morgan fingerprint density at radius 2 is 1.14 bits per heavy atom. The molecule has 3 rings (SSSR count). The van der Waals surface area contributed by atoms with E-state index in [0.29, 0.717) is 0 Å². The van der Waals surface area contributed by atoms with Gasteiger partial charge in [0.25, 0.3) is 0 Å². The number of nitrogens with two attached hydrogens (primary N) is 1. The number of benzene rings is 2. The molecule has 3 nitrogen and oxygen atoms in total. The average Bonchev–Trinajstić information content (AvgIpc) is 3.06. The zero-order valence-electron chi connectivity index (χ0n) is 14.4. The van der Waals surface area contributed by atoms with E-state index in [9.17, 15) is 34.8 Å². The summed E-state index contributed by atoms with van der Waals surface area (Å²) in [4.78, 5) is -0.215. The molecule has 0 aromatic heterocycles. The lowest BCUT2D eigenvalue weighted by Gasteiger charge is -2.12. The van der Waals surface area contributed by atoms with Crippen molar-refractivity contribution in [1.29, 1.82) is 0 Å². The predicted molar refractivity (Wildman–Crippen MR) is 94.8 cm³/mol. The van der Waals surface area contributed by atoms with Gasteiger partial charge < -0.3 is 0 Å². The van der Waals surface area contributed by atoms with Crippen LogP contribution in [-0.2, 0) is 16.2 Å². The highest BCUT2D eigenvalue weighted by Crippen LogP contribution is 2.44. The van der Waals surface area contributed by atoms with E-state index < -0.39 is 33.9 Å². The molecule has 1 aliphatic rings. The molecule has 2 aromatic carbocycles. The lowest BCUT2D eigenvalue weighted by atomic mass is 9.94. The minimum Gasteiger partial charge on any atom is -0.225 e. The maximum atomic E-state index is 13.2. The van der Waals surface area contributed by atoms with Crippen LogP contribution >= 0.6 is 0 Å². The van der Waals surface area contributed by atoms with Crippen LogP contribution in [-0.4, -0.2) is 14.6 Å². The van der Waals surface area contributed by atoms with Crippen molar-refractivity contribution in [2.75, 3.05) is 0 Å². The van der Waals surface area contributed by atoms with E-state index in [1.165, 1.54) is 12.1 Å². The Balaban J connectivity index is 2.05. The molecule has 2 aromatic rings. The van der Waals surface area contributed by atoms with Crippen LogP contribution < -0.4 is 5.14 Å². The van der Waals surface area contributed by atoms with Crippen molar-refractivity contribution in [3.63, 3.8) is 0 Å². The van der Waals surface area contributed by atoms with Crippen LogP contribution in [0.25, 0.3) is 11.1 Å². The summed E-state index contributed by atoms with van der Waals surface area (Å²) in [6.07, 6.45) is -7.29. The van der Waals surface area contributed by atoms with Crippen molar-refractivity contribution in [2.45, 2.75) is 17.2 Å². The van der Waals surface area contributed by atoms with Crippen molar-refractivity contribution in [3.8, 4) is 0 Å². The first-order valence-corrected chi connectivity index (χ1v) is 9.63. The molecule has 0 heterocycles. The summed E-state index contributed by atoms with van der Waals surface area (Å²) in [6, 6.07) is 8.66. The Kier molecular flexibility index (Phi) is 5.12. The van der Waals surface area contributed by atoms with E-state index in [0.717, 1.165) is 48.6 Å². The molecular formula is C19H13F6NO2S. The van der Waals surface area contributed by atoms with Gasteiger partial charge in [-0.25, -0.2) is 13.6 Å². The second-order valence-electron chi connectivity index (χ2n) is 6.37. The molecular weight excluding hydrogens is 420 g/mol. The first-order valence-electron chi connectivity index (χ1n) is 8.08. The molecule has 29 heavy (non-hydrogen) atoms. The Morgan fingerprint density at radius 1 is 0.724 bits per heavy atom. The number of alkyl halides is 6. The fourth-order valence-corrected chi connectivity index (χ4v) is 3.46. The molecule has 0 saturated carbocycles. The molecule has 0 aliphatic heterocycles. The fourth-order valence-electron chi connectivity index (χ4n) is 2.94. The summed E-state index contributed by atoms with van der Waals surface area (Å²) >= 11 is 0. The van der Waals surface area contributed by atoms with E-state index in [1.54, 1.807) is 0 Å². The standard InChI is InChI=1S/C19H13F6NO2S/c20-18(21,22)13-5-1-11(2-6-13)16-9-14(19(23,24)25)10-17(16)12-3-7-15(8-4-12)29(26,27)28/h1-10,14H,(H2,26,27,28). The average molecular weight is 433 g/mol. The van der Waals surface area contributed by atoms with Crippen LogP contribution in [0, 0.1) is 5.92 Å². The van der Waals surface area contributed by atoms with Gasteiger partial charge in [0.15, 0.2) is 0 Å². The van der Waals surface area contributed by atoms with Crippen molar-refractivity contribution in [3.05, 3.63) is 77.4 Å². The molecule has 0 spiro atoms. The van der Waals surface area contributed by atoms with E-state index in [4.69, 9.17) is 5.14 Å². The molecule has 154 valence electrons. The summed E-state index contributed by atoms with van der Waals surface area (Å²) < 4.78 is 101. The maximum Gasteiger partial charge on any atom is 0.416 e. The first-order chi connectivity index (χ1) is 13.3. The van der Waals surface area contributed by atoms with Gasteiger partial charge in [0, 0.05) is 0 Å². The molecule has 10 heteroatoms. The maximum absolute atomic E-state index is 13.2. The van der Waals surface area contributed by atoms with Crippen LogP contribution in [0.1, 0.15) is 16.7 Å². The third kappa shape index (κ3) is 4.54. The summed E-state index contributed by atoms with van der Waals surface area (Å²) in [5, 5.41) is 5.01. The lowest BCUT2D eigenvalue weighted by molar-refractivity contribution is -0.148. The van der Waals surface area contributed by atoms with Gasteiger partial charge >= 0.3 is 12.4 Å². The van der Waals surface area contributed by atoms with Crippen LogP contribution in [0.2, 0.25) is 0 Å². The Labute approximate surface area is 162 Å². The van der Waals surface area contributed by atoms with E-state index in [2.05, 4.69) is 0 Å². The minimum absolute atomic E-state index is 0.101. The van der Waals surface area contributed by atoms with E-state index in [-0.39, 0.29) is 27.2 Å². The molecule has 0 saturated heterocycles. The molecule has 0 radical (unpaired) electrons. The number of rotatable bonds is 3. The number of primary sulfonamides is 1. The van der Waals surface area contributed by atoms with Gasteiger partial charge in [-0.15, -0.1) is 0 Å². The van der Waals surface area contributed by atoms with Crippen LogP contribution in [0.4, 0.5) is 26.3 Å². The summed E-state index contributed by atoms with van der Waals surface area (Å²) in [7, 11) is -3.98. The van der Waals surface area contributed by atoms with Crippen LogP contribution in [0.15, 0.2) is 65.6 Å². The number of allylic oxidation sites excluding steroid dienone is 4. The van der Waals surface area contributed by atoms with Gasteiger partial charge in [0.05, 0.1) is 16.4 Å². The molecule has 0 amide bonds.